The number of nitrogen functional groups attached to an aromatic ring is 2. The number of unbranched alkanes of at least 4 members (excludes halogenated alkanes) is 6. The van der Waals surface area contributed by atoms with Crippen LogP contribution >= 0.6 is 0 Å². The lowest BCUT2D eigenvalue weighted by atomic mass is 9.99. The van der Waals surface area contributed by atoms with Crippen LogP contribution in [0.2, 0.25) is 0 Å². The summed E-state index contributed by atoms with van der Waals surface area (Å²) in [6.07, 6.45) is 12.0. The van der Waals surface area contributed by atoms with Crippen molar-refractivity contribution in [3.8, 4) is 16.8 Å². The molecule has 2 amide bonds. The largest absolute Gasteiger partial charge is 0.397 e. The van der Waals surface area contributed by atoms with Crippen LogP contribution in [0.3, 0.4) is 0 Å². The highest BCUT2D eigenvalue weighted by Crippen LogP contribution is 2.32. The van der Waals surface area contributed by atoms with Crippen molar-refractivity contribution >= 4 is 74.0 Å². The molecule has 0 aliphatic heterocycles. The van der Waals surface area contributed by atoms with Gasteiger partial charge in [-0.15, -0.1) is 4.57 Å². The van der Waals surface area contributed by atoms with Gasteiger partial charge in [0.15, 0.2) is 5.82 Å². The zero-order valence-corrected chi connectivity index (χ0v) is 45.8. The van der Waals surface area contributed by atoms with Gasteiger partial charge in [-0.1, -0.05) is 92.9 Å². The van der Waals surface area contributed by atoms with Crippen molar-refractivity contribution in [2.45, 2.75) is 79.1 Å². The van der Waals surface area contributed by atoms with Gasteiger partial charge in [0.2, 0.25) is 16.9 Å². The molecular weight excluding hydrogens is 981 g/mol. The van der Waals surface area contributed by atoms with Crippen molar-refractivity contribution in [1.82, 2.24) is 30.9 Å². The normalized spacial score (nSPS) is 12.8. The van der Waals surface area contributed by atoms with Crippen LogP contribution in [-0.2, 0) is 0 Å². The molecule has 9 rings (SSSR count). The SMILES string of the molecule is C=C1C=C(NCCCCCCNC(=O)c2ccc(-c3ccc(C(=O)NCCCCCCNc4cc5c(cc4C)nc4nc(C)c(N)cc4[n+]5-c4ccccc4)cc3)cc2)C(C)=C/C1=N/c1nc(C)c(N)cc1Nc1ccccc1. The first-order valence-electron chi connectivity index (χ1n) is 27.4. The van der Waals surface area contributed by atoms with E-state index in [0.29, 0.717) is 47.1 Å². The Kier molecular flexibility index (Phi) is 17.8. The summed E-state index contributed by atoms with van der Waals surface area (Å²) in [4.78, 5) is 45.2. The number of para-hydroxylation sites is 2. The third kappa shape index (κ3) is 13.9. The van der Waals surface area contributed by atoms with Crippen molar-refractivity contribution in [1.29, 1.82) is 0 Å². The van der Waals surface area contributed by atoms with Crippen molar-refractivity contribution < 1.29 is 14.2 Å². The van der Waals surface area contributed by atoms with Crippen molar-refractivity contribution in [2.24, 2.45) is 4.99 Å². The van der Waals surface area contributed by atoms with Crippen molar-refractivity contribution in [3.63, 3.8) is 0 Å². The lowest BCUT2D eigenvalue weighted by Gasteiger charge is -2.18. The van der Waals surface area contributed by atoms with E-state index in [-0.39, 0.29) is 11.8 Å². The molecule has 1 aliphatic carbocycles. The van der Waals surface area contributed by atoms with Gasteiger partial charge >= 0.3 is 0 Å². The molecule has 1 aliphatic rings. The Morgan fingerprint density at radius 1 is 0.570 bits per heavy atom. The zero-order valence-electron chi connectivity index (χ0n) is 45.8. The predicted octanol–water partition coefficient (Wildman–Crippen LogP) is 12.4. The van der Waals surface area contributed by atoms with Crippen LogP contribution in [0.15, 0.2) is 174 Å². The first kappa shape index (κ1) is 54.6. The number of amides is 2. The number of aryl methyl sites for hydroxylation is 3. The number of aromatic nitrogens is 4. The number of aliphatic imine (C=N–C) groups is 1. The van der Waals surface area contributed by atoms with Gasteiger partial charge in [-0.3, -0.25) is 9.59 Å². The summed E-state index contributed by atoms with van der Waals surface area (Å²) in [5.41, 5.74) is 30.3. The van der Waals surface area contributed by atoms with E-state index in [4.69, 9.17) is 31.4 Å². The van der Waals surface area contributed by atoms with Gasteiger partial charge in [-0.2, -0.15) is 0 Å². The minimum atomic E-state index is -0.0854. The molecule has 0 spiro atoms. The summed E-state index contributed by atoms with van der Waals surface area (Å²) in [5, 5.41) is 16.8. The number of hydrogen-bond donors (Lipinski definition) is 7. The molecule has 0 saturated heterocycles. The number of carbonyl (C=O) groups is 2. The second-order valence-electron chi connectivity index (χ2n) is 20.2. The number of hydrogen-bond acceptors (Lipinski definition) is 11. The van der Waals surface area contributed by atoms with Crippen LogP contribution in [0.25, 0.3) is 39.0 Å². The summed E-state index contributed by atoms with van der Waals surface area (Å²) < 4.78 is 2.18. The molecule has 79 heavy (non-hydrogen) atoms. The first-order valence-corrected chi connectivity index (χ1v) is 27.4. The number of carbonyl (C=O) groups excluding carboxylic acids is 2. The van der Waals surface area contributed by atoms with Crippen LogP contribution in [-0.4, -0.2) is 58.7 Å². The molecule has 8 aromatic rings. The monoisotopic (exact) mass is 1050 g/mol. The van der Waals surface area contributed by atoms with E-state index in [2.05, 4.69) is 75.8 Å². The zero-order chi connectivity index (χ0) is 55.3. The molecule has 3 aromatic heterocycles. The van der Waals surface area contributed by atoms with Crippen molar-refractivity contribution in [2.75, 3.05) is 48.3 Å². The van der Waals surface area contributed by atoms with Gasteiger partial charge in [0, 0.05) is 78.6 Å². The van der Waals surface area contributed by atoms with E-state index in [1.165, 1.54) is 0 Å². The molecular formula is C65H71N12O2+. The first-order chi connectivity index (χ1) is 38.4. The molecule has 14 nitrogen and oxygen atoms in total. The van der Waals surface area contributed by atoms with E-state index >= 15 is 0 Å². The fourth-order valence-corrected chi connectivity index (χ4v) is 9.58. The molecule has 5 aromatic carbocycles. The van der Waals surface area contributed by atoms with Gasteiger partial charge < -0.3 is 38.1 Å². The lowest BCUT2D eigenvalue weighted by molar-refractivity contribution is -0.538. The van der Waals surface area contributed by atoms with E-state index < -0.39 is 0 Å². The number of anilines is 5. The third-order valence-electron chi connectivity index (χ3n) is 14.2. The van der Waals surface area contributed by atoms with Gasteiger partial charge in [0.05, 0.1) is 34.2 Å². The summed E-state index contributed by atoms with van der Waals surface area (Å²) in [5.74, 6) is 0.384. The maximum atomic E-state index is 13.0. The number of nitrogens with one attached hydrogen (secondary N) is 5. The Morgan fingerprint density at radius 2 is 1.13 bits per heavy atom. The molecule has 0 saturated carbocycles. The molecule has 14 heteroatoms. The number of rotatable bonds is 23. The number of fused-ring (bicyclic) bond motifs is 2. The highest BCUT2D eigenvalue weighted by molar-refractivity contribution is 6.13. The minimum absolute atomic E-state index is 0.0830. The number of allylic oxidation sites excluding steroid dienone is 4. The Morgan fingerprint density at radius 3 is 1.75 bits per heavy atom. The van der Waals surface area contributed by atoms with Crippen LogP contribution in [0.1, 0.15) is 96.0 Å². The van der Waals surface area contributed by atoms with E-state index in [1.807, 2.05) is 135 Å². The van der Waals surface area contributed by atoms with Crippen LogP contribution in [0.5, 0.6) is 0 Å². The number of pyridine rings is 2. The fourth-order valence-electron chi connectivity index (χ4n) is 9.58. The Labute approximate surface area is 463 Å². The van der Waals surface area contributed by atoms with E-state index in [0.717, 1.165) is 154 Å². The van der Waals surface area contributed by atoms with Crippen molar-refractivity contribution in [3.05, 3.63) is 197 Å². The van der Waals surface area contributed by atoms with E-state index in [9.17, 15) is 9.59 Å². The topological polar surface area (TPSA) is 201 Å². The smallest absolute Gasteiger partial charge is 0.258 e. The third-order valence-corrected chi connectivity index (χ3v) is 14.2. The fraction of sp³-hybridized carbons (Fsp3) is 0.246. The second-order valence-corrected chi connectivity index (χ2v) is 20.2. The van der Waals surface area contributed by atoms with Crippen LogP contribution in [0, 0.1) is 20.8 Å². The second kappa shape index (κ2) is 25.8. The summed E-state index contributed by atoms with van der Waals surface area (Å²) in [6.45, 7) is 15.1. The van der Waals surface area contributed by atoms with Gasteiger partial charge in [-0.05, 0) is 142 Å². The number of nitrogens with zero attached hydrogens (tertiary/aromatic N) is 5. The number of benzene rings is 5. The summed E-state index contributed by atoms with van der Waals surface area (Å²) in [7, 11) is 0. The summed E-state index contributed by atoms with van der Waals surface area (Å²) >= 11 is 0. The van der Waals surface area contributed by atoms with Gasteiger partial charge in [0.1, 0.15) is 5.52 Å². The minimum Gasteiger partial charge on any atom is -0.397 e. The molecule has 0 radical (unpaired) electrons. The van der Waals surface area contributed by atoms with Gasteiger partial charge in [0.25, 0.3) is 17.3 Å². The van der Waals surface area contributed by atoms with E-state index in [1.54, 1.807) is 0 Å². The molecule has 0 atom stereocenters. The average Bonchev–Trinajstić information content (AvgIpc) is 3.46. The summed E-state index contributed by atoms with van der Waals surface area (Å²) in [6, 6.07) is 43.4. The highest BCUT2D eigenvalue weighted by Gasteiger charge is 2.23. The maximum Gasteiger partial charge on any atom is 0.258 e. The quantitative estimate of drug-likeness (QED) is 0.0184. The molecule has 0 unspecified atom stereocenters. The Hall–Kier alpha value is -9.17. The van der Waals surface area contributed by atoms with Gasteiger partial charge in [-0.25, -0.2) is 19.9 Å². The lowest BCUT2D eigenvalue weighted by Crippen LogP contribution is -2.33. The average molecular weight is 1050 g/mol. The molecule has 0 fully saturated rings. The molecule has 9 N–H and O–H groups in total. The predicted molar refractivity (Wildman–Crippen MR) is 324 cm³/mol. The molecule has 3 heterocycles. The molecule has 0 bridgehead atoms. The van der Waals surface area contributed by atoms with Crippen LogP contribution in [0.4, 0.5) is 34.3 Å². The molecule has 402 valence electrons. The Bertz CT molecular complexity index is 3590. The maximum absolute atomic E-state index is 13.0. The Balaban J connectivity index is 0.645. The highest BCUT2D eigenvalue weighted by atomic mass is 16.2. The standard InChI is InChI=1S/C65H70N12O2/c1-42-37-57(75-62-59(39-53(66)45(4)72-62)74-51-20-12-10-13-21-51)44(3)36-55(42)68-32-16-6-8-18-34-70-64(78)49-28-24-47(25-29-49)48-26-30-50(31-27-48)65(79)71-35-19-9-7-17-33-69-56-41-60-58(38-43(56)2)76-63-61(40-54(67)46(5)73-63)77(60)52-22-14-11-15-23-52/h10-15,20-31,36-41,68,74H,3,6-9,16-19,32-35,66H2,1-2,4-5H3,(H4,67,69,70,71,78,79)/p+1/b75-57-. The van der Waals surface area contributed by atoms with Crippen LogP contribution < -0.4 is 42.6 Å². The number of nitrogens with two attached hydrogens (primary N) is 2.